The highest BCUT2D eigenvalue weighted by molar-refractivity contribution is 7.47. The van der Waals surface area contributed by atoms with Crippen molar-refractivity contribution in [3.63, 3.8) is 0 Å². The minimum atomic E-state index is -4.68. The molecular weight excluding hydrogens is 896 g/mol. The van der Waals surface area contributed by atoms with Gasteiger partial charge in [0.15, 0.2) is 23.4 Å². The van der Waals surface area contributed by atoms with Crippen LogP contribution in [0.5, 0.6) is 17.2 Å². The molecule has 69 heavy (non-hydrogen) atoms. The van der Waals surface area contributed by atoms with Crippen molar-refractivity contribution in [2.45, 2.75) is 213 Å². The summed E-state index contributed by atoms with van der Waals surface area (Å²) in [6.07, 6.45) is 50.0. The Morgan fingerprint density at radius 2 is 1.00 bits per heavy atom. The zero-order chi connectivity index (χ0) is 50.5. The van der Waals surface area contributed by atoms with Gasteiger partial charge in [0.2, 0.25) is 5.75 Å². The molecular formula is C56H87O12P. The zero-order valence-corrected chi connectivity index (χ0v) is 43.4. The van der Waals surface area contributed by atoms with Crippen LogP contribution in [0, 0.1) is 37.0 Å². The molecule has 0 fully saturated rings. The highest BCUT2D eigenvalue weighted by atomic mass is 31.2. The number of phosphoric acid groups is 1. The van der Waals surface area contributed by atoms with Crippen molar-refractivity contribution < 1.29 is 56.6 Å². The fourth-order valence-electron chi connectivity index (χ4n) is 7.46. The van der Waals surface area contributed by atoms with Gasteiger partial charge in [-0.15, -0.1) is 19.3 Å². The van der Waals surface area contributed by atoms with Gasteiger partial charge in [0, 0.05) is 24.8 Å². The molecule has 0 spiro atoms. The van der Waals surface area contributed by atoms with Gasteiger partial charge in [-0.2, -0.15) is 0 Å². The first kappa shape index (κ1) is 62.8. The lowest BCUT2D eigenvalue weighted by Crippen LogP contribution is -2.29. The van der Waals surface area contributed by atoms with Gasteiger partial charge >= 0.3 is 19.8 Å². The molecule has 13 heteroatoms. The molecule has 2 unspecified atom stereocenters. The first-order valence-corrected chi connectivity index (χ1v) is 27.6. The van der Waals surface area contributed by atoms with Crippen LogP contribution in [0.1, 0.15) is 217 Å². The Hall–Kier alpha value is -4.24. The van der Waals surface area contributed by atoms with Gasteiger partial charge in [0.25, 0.3) is 0 Å². The van der Waals surface area contributed by atoms with Crippen LogP contribution in [0.2, 0.25) is 0 Å². The summed E-state index contributed by atoms with van der Waals surface area (Å²) in [6, 6.07) is 2.86. The van der Waals surface area contributed by atoms with Crippen molar-refractivity contribution >= 4 is 25.5 Å². The Labute approximate surface area is 417 Å². The number of unbranched alkanes of at least 4 members (excludes halogenated alkanes) is 23. The summed E-state index contributed by atoms with van der Waals surface area (Å²) in [5, 5.41) is 0. The van der Waals surface area contributed by atoms with Crippen LogP contribution < -0.4 is 14.2 Å². The second kappa shape index (κ2) is 43.8. The third kappa shape index (κ3) is 35.5. The van der Waals surface area contributed by atoms with E-state index in [1.54, 1.807) is 0 Å². The van der Waals surface area contributed by atoms with Crippen LogP contribution in [0.3, 0.4) is 0 Å². The number of Topliss-reactive ketones (excluding diaryl/α,β-unsaturated/α-hetero) is 1. The minimum Gasteiger partial charge on any atom is -0.477 e. The van der Waals surface area contributed by atoms with Gasteiger partial charge < -0.3 is 28.6 Å². The number of hydrogen-bond donors (Lipinski definition) is 1. The highest BCUT2D eigenvalue weighted by Gasteiger charge is 2.27. The number of carbonyl (C=O) groups excluding carboxylic acids is 3. The number of phosphoric ester groups is 1. The lowest BCUT2D eigenvalue weighted by atomic mass is 10.0. The fourth-order valence-corrected chi connectivity index (χ4v) is 8.25. The first-order valence-electron chi connectivity index (χ1n) is 26.1. The molecule has 388 valence electrons. The average Bonchev–Trinajstić information content (AvgIpc) is 3.34. The molecule has 0 bridgehead atoms. The van der Waals surface area contributed by atoms with Crippen LogP contribution in [-0.2, 0) is 32.7 Å². The number of allylic oxidation sites excluding steroid dienone is 2. The highest BCUT2D eigenvalue weighted by Crippen LogP contribution is 2.44. The largest absolute Gasteiger partial charge is 0.477 e. The number of rotatable bonds is 47. The molecule has 0 aromatic heterocycles. The van der Waals surface area contributed by atoms with Gasteiger partial charge in [-0.25, -0.2) is 4.57 Å². The van der Waals surface area contributed by atoms with Gasteiger partial charge in [0.1, 0.15) is 26.4 Å². The number of hydrogen-bond acceptors (Lipinski definition) is 11. The van der Waals surface area contributed by atoms with E-state index in [1.165, 1.54) is 108 Å². The van der Waals surface area contributed by atoms with Crippen molar-refractivity contribution in [1.29, 1.82) is 0 Å². The Bertz CT molecular complexity index is 1680. The summed E-state index contributed by atoms with van der Waals surface area (Å²) in [6.45, 7) is 2.90. The number of ether oxygens (including phenoxy) is 5. The summed E-state index contributed by atoms with van der Waals surface area (Å²) >= 11 is 0. The number of ketones is 1. The predicted octanol–water partition coefficient (Wildman–Crippen LogP) is 13.8. The monoisotopic (exact) mass is 983 g/mol. The van der Waals surface area contributed by atoms with E-state index in [0.29, 0.717) is 12.8 Å². The van der Waals surface area contributed by atoms with E-state index in [-0.39, 0.29) is 87.3 Å². The van der Waals surface area contributed by atoms with Crippen LogP contribution in [0.15, 0.2) is 24.3 Å². The number of benzene rings is 1. The van der Waals surface area contributed by atoms with Crippen LogP contribution in [-0.4, -0.2) is 68.4 Å². The molecule has 0 saturated heterocycles. The normalized spacial score (nSPS) is 12.3. The maximum atomic E-state index is 13.2. The maximum absolute atomic E-state index is 13.2. The summed E-state index contributed by atoms with van der Waals surface area (Å²) in [5.74, 6) is 6.11. The smallest absolute Gasteiger partial charge is 0.472 e. The van der Waals surface area contributed by atoms with E-state index in [0.717, 1.165) is 57.8 Å². The van der Waals surface area contributed by atoms with Crippen LogP contribution >= 0.6 is 7.82 Å². The van der Waals surface area contributed by atoms with Crippen molar-refractivity contribution in [2.24, 2.45) is 0 Å². The van der Waals surface area contributed by atoms with E-state index in [2.05, 4.69) is 43.8 Å². The van der Waals surface area contributed by atoms with Gasteiger partial charge in [-0.1, -0.05) is 172 Å². The quantitative estimate of drug-likeness (QED) is 0.0165. The Morgan fingerprint density at radius 3 is 1.48 bits per heavy atom. The molecule has 12 nitrogen and oxygen atoms in total. The molecule has 0 aliphatic carbocycles. The molecule has 0 heterocycles. The third-order valence-electron chi connectivity index (χ3n) is 11.3. The van der Waals surface area contributed by atoms with Gasteiger partial charge in [-0.3, -0.25) is 23.4 Å². The second-order valence-corrected chi connectivity index (χ2v) is 19.0. The van der Waals surface area contributed by atoms with Gasteiger partial charge in [0.05, 0.1) is 13.2 Å². The lowest BCUT2D eigenvalue weighted by molar-refractivity contribution is -0.161. The molecule has 0 aliphatic rings. The van der Waals surface area contributed by atoms with E-state index < -0.39 is 32.5 Å². The molecule has 1 aromatic rings. The predicted molar refractivity (Wildman–Crippen MR) is 275 cm³/mol. The summed E-state index contributed by atoms with van der Waals surface area (Å²) in [4.78, 5) is 49.3. The molecule has 1 aromatic carbocycles. The zero-order valence-electron chi connectivity index (χ0n) is 42.5. The molecule has 1 N–H and O–H groups in total. The number of esters is 2. The minimum absolute atomic E-state index is 0.0361. The summed E-state index contributed by atoms with van der Waals surface area (Å²) in [5.41, 5.74) is 0.181. The summed E-state index contributed by atoms with van der Waals surface area (Å²) < 4.78 is 51.1. The van der Waals surface area contributed by atoms with Crippen molar-refractivity contribution in [1.82, 2.24) is 0 Å². The number of carbonyl (C=O) groups is 3. The van der Waals surface area contributed by atoms with E-state index in [4.69, 9.17) is 52.0 Å². The molecule has 1 rings (SSSR count). The Balaban J connectivity index is 2.66. The van der Waals surface area contributed by atoms with Crippen molar-refractivity contribution in [3.8, 4) is 54.3 Å². The fraction of sp³-hybridized carbons (Fsp3) is 0.696. The molecule has 0 amide bonds. The summed E-state index contributed by atoms with van der Waals surface area (Å²) in [7, 11) is -4.68. The SMILES string of the molecule is C#CCOc1cc(C(=O)CCCOP(=O)(O)OCC(COC(=O)CCCCCCCCCCCCCCC)OC(=O)CCCCCCC/C=C\CCCCCCCC)cc(OCC#C)c1OCC#C. The van der Waals surface area contributed by atoms with Crippen molar-refractivity contribution in [2.75, 3.05) is 39.6 Å². The second-order valence-electron chi connectivity index (χ2n) is 17.5. The van der Waals surface area contributed by atoms with E-state index in [1.807, 2.05) is 0 Å². The van der Waals surface area contributed by atoms with Crippen LogP contribution in [0.4, 0.5) is 0 Å². The Kier molecular flexibility index (Phi) is 39.8. The Morgan fingerprint density at radius 1 is 0.565 bits per heavy atom. The molecule has 0 radical (unpaired) electrons. The van der Waals surface area contributed by atoms with Crippen LogP contribution in [0.25, 0.3) is 0 Å². The lowest BCUT2D eigenvalue weighted by Gasteiger charge is -2.20. The van der Waals surface area contributed by atoms with Crippen molar-refractivity contribution in [3.05, 3.63) is 29.8 Å². The third-order valence-corrected chi connectivity index (χ3v) is 12.3. The van der Waals surface area contributed by atoms with E-state index >= 15 is 0 Å². The molecule has 2 atom stereocenters. The number of terminal acetylenes is 3. The first-order chi connectivity index (χ1) is 33.6. The topological polar surface area (TPSA) is 153 Å². The van der Waals surface area contributed by atoms with E-state index in [9.17, 15) is 23.8 Å². The standard InChI is InChI=1S/C56H87O12P/c1-6-11-13-15-17-19-21-23-24-26-28-30-32-34-36-40-55(59)68-50(47-65-54(58)39-35-33-31-29-27-25-22-20-18-16-14-12-7-2)48-67-69(60,61)66-44-37-38-51(57)49-45-52(62-41-8-3)56(64-43-10-5)53(46-49)63-42-9-4/h3-5,23-24,45-46,50H,6-7,11-22,25-44,47-48H2,1-2H3,(H,60,61)/b24-23-. The maximum Gasteiger partial charge on any atom is 0.472 e. The average molecular weight is 983 g/mol. The molecule has 0 saturated carbocycles. The van der Waals surface area contributed by atoms with Gasteiger partial charge in [-0.05, 0) is 57.1 Å². The molecule has 0 aliphatic heterocycles.